The maximum atomic E-state index is 13.6. The molecule has 0 bridgehead atoms. The number of hydrogen-bond donors (Lipinski definition) is 2. The fraction of sp³-hybridized carbons (Fsp3) is 0.222. The SMILES string of the molecule is CC(C(=O)Nc1ccccc1F)N(C)CC(=O)Nc1c(Cl)cccc1Cl. The molecule has 2 rings (SSSR count). The Kier molecular flexibility index (Phi) is 6.97. The lowest BCUT2D eigenvalue weighted by Gasteiger charge is -2.23. The quantitative estimate of drug-likeness (QED) is 0.773. The Hall–Kier alpha value is -2.15. The van der Waals surface area contributed by atoms with E-state index in [1.807, 2.05) is 0 Å². The van der Waals surface area contributed by atoms with E-state index in [-0.39, 0.29) is 18.1 Å². The van der Waals surface area contributed by atoms with Gasteiger partial charge in [-0.15, -0.1) is 0 Å². The van der Waals surface area contributed by atoms with Crippen LogP contribution in [0.5, 0.6) is 0 Å². The number of hydrogen-bond acceptors (Lipinski definition) is 3. The van der Waals surface area contributed by atoms with Crippen LogP contribution in [0.4, 0.5) is 15.8 Å². The molecule has 8 heteroatoms. The van der Waals surface area contributed by atoms with Gasteiger partial charge in [-0.1, -0.05) is 41.4 Å². The van der Waals surface area contributed by atoms with Crippen LogP contribution in [0.15, 0.2) is 42.5 Å². The van der Waals surface area contributed by atoms with Crippen molar-refractivity contribution < 1.29 is 14.0 Å². The summed E-state index contributed by atoms with van der Waals surface area (Å²) in [5, 5.41) is 5.77. The molecule has 0 aliphatic heterocycles. The molecule has 2 aromatic rings. The maximum Gasteiger partial charge on any atom is 0.241 e. The van der Waals surface area contributed by atoms with Crippen molar-refractivity contribution in [3.63, 3.8) is 0 Å². The van der Waals surface area contributed by atoms with E-state index in [1.54, 1.807) is 38.2 Å². The average molecular weight is 398 g/mol. The predicted molar refractivity (Wildman–Crippen MR) is 102 cm³/mol. The largest absolute Gasteiger partial charge is 0.322 e. The summed E-state index contributed by atoms with van der Waals surface area (Å²) >= 11 is 12.0. The van der Waals surface area contributed by atoms with E-state index in [1.165, 1.54) is 23.1 Å². The molecule has 0 aromatic heterocycles. The van der Waals surface area contributed by atoms with Crippen LogP contribution in [0.25, 0.3) is 0 Å². The van der Waals surface area contributed by atoms with Gasteiger partial charge in [0.25, 0.3) is 0 Å². The lowest BCUT2D eigenvalue weighted by molar-refractivity contribution is -0.122. The zero-order valence-corrected chi connectivity index (χ0v) is 15.7. The van der Waals surface area contributed by atoms with Gasteiger partial charge in [0.05, 0.1) is 34.0 Å². The van der Waals surface area contributed by atoms with Gasteiger partial charge in [-0.3, -0.25) is 14.5 Å². The molecule has 0 aliphatic rings. The van der Waals surface area contributed by atoms with Gasteiger partial charge >= 0.3 is 0 Å². The molecule has 2 aromatic carbocycles. The van der Waals surface area contributed by atoms with Gasteiger partial charge in [0, 0.05) is 0 Å². The van der Waals surface area contributed by atoms with E-state index in [2.05, 4.69) is 10.6 Å². The Bertz CT molecular complexity index is 797. The van der Waals surface area contributed by atoms with Crippen molar-refractivity contribution in [2.75, 3.05) is 24.2 Å². The summed E-state index contributed by atoms with van der Waals surface area (Å²) in [6.45, 7) is 1.54. The van der Waals surface area contributed by atoms with Crippen LogP contribution in [-0.4, -0.2) is 36.3 Å². The summed E-state index contributed by atoms with van der Waals surface area (Å²) in [6, 6.07) is 10.1. The van der Waals surface area contributed by atoms with Crippen LogP contribution in [0.2, 0.25) is 10.0 Å². The topological polar surface area (TPSA) is 61.4 Å². The molecule has 5 nitrogen and oxygen atoms in total. The number of amides is 2. The number of para-hydroxylation sites is 2. The second-order valence-electron chi connectivity index (χ2n) is 5.71. The van der Waals surface area contributed by atoms with Crippen molar-refractivity contribution in [3.05, 3.63) is 58.3 Å². The molecule has 1 unspecified atom stereocenters. The second-order valence-corrected chi connectivity index (χ2v) is 6.52. The van der Waals surface area contributed by atoms with E-state index in [4.69, 9.17) is 23.2 Å². The van der Waals surface area contributed by atoms with Crippen LogP contribution in [0.3, 0.4) is 0 Å². The minimum absolute atomic E-state index is 0.0760. The van der Waals surface area contributed by atoms with Gasteiger partial charge in [-0.05, 0) is 38.2 Å². The number of carbonyl (C=O) groups is 2. The third kappa shape index (κ3) is 5.17. The van der Waals surface area contributed by atoms with Gasteiger partial charge in [-0.25, -0.2) is 4.39 Å². The van der Waals surface area contributed by atoms with Crippen LogP contribution < -0.4 is 10.6 Å². The summed E-state index contributed by atoms with van der Waals surface area (Å²) in [4.78, 5) is 26.0. The fourth-order valence-electron chi connectivity index (χ4n) is 2.16. The highest BCUT2D eigenvalue weighted by atomic mass is 35.5. The van der Waals surface area contributed by atoms with Crippen LogP contribution >= 0.6 is 23.2 Å². The van der Waals surface area contributed by atoms with Crippen LogP contribution in [-0.2, 0) is 9.59 Å². The summed E-state index contributed by atoms with van der Waals surface area (Å²) in [5.41, 5.74) is 0.405. The highest BCUT2D eigenvalue weighted by Crippen LogP contribution is 2.29. The van der Waals surface area contributed by atoms with Crippen molar-refractivity contribution in [1.82, 2.24) is 4.90 Å². The zero-order valence-electron chi connectivity index (χ0n) is 14.2. The smallest absolute Gasteiger partial charge is 0.241 e. The monoisotopic (exact) mass is 397 g/mol. The minimum Gasteiger partial charge on any atom is -0.322 e. The van der Waals surface area contributed by atoms with Gasteiger partial charge in [0.2, 0.25) is 11.8 Å². The average Bonchev–Trinajstić information content (AvgIpc) is 2.59. The molecule has 2 amide bonds. The number of carbonyl (C=O) groups excluding carboxylic acids is 2. The highest BCUT2D eigenvalue weighted by Gasteiger charge is 2.21. The van der Waals surface area contributed by atoms with Crippen molar-refractivity contribution in [2.45, 2.75) is 13.0 Å². The molecule has 0 saturated carbocycles. The molecule has 0 heterocycles. The number of nitrogens with one attached hydrogen (secondary N) is 2. The number of halogens is 3. The maximum absolute atomic E-state index is 13.6. The van der Waals surface area contributed by atoms with Crippen molar-refractivity contribution in [2.24, 2.45) is 0 Å². The van der Waals surface area contributed by atoms with E-state index in [9.17, 15) is 14.0 Å². The van der Waals surface area contributed by atoms with Gasteiger partial charge in [0.15, 0.2) is 0 Å². The third-order valence-electron chi connectivity index (χ3n) is 3.79. The first-order chi connectivity index (χ1) is 12.3. The first-order valence-electron chi connectivity index (χ1n) is 7.79. The van der Waals surface area contributed by atoms with E-state index in [0.29, 0.717) is 15.7 Å². The Labute approximate surface area is 161 Å². The number of benzene rings is 2. The first kappa shape index (κ1) is 20.2. The molecule has 0 aliphatic carbocycles. The third-order valence-corrected chi connectivity index (χ3v) is 4.42. The van der Waals surface area contributed by atoms with Gasteiger partial charge in [0.1, 0.15) is 5.82 Å². The lowest BCUT2D eigenvalue weighted by Crippen LogP contribution is -2.43. The Balaban J connectivity index is 1.95. The Morgan fingerprint density at radius 3 is 2.31 bits per heavy atom. The molecular weight excluding hydrogens is 380 g/mol. The lowest BCUT2D eigenvalue weighted by atomic mass is 10.2. The van der Waals surface area contributed by atoms with Crippen LogP contribution in [0, 0.1) is 5.82 Å². The zero-order chi connectivity index (χ0) is 19.3. The molecule has 26 heavy (non-hydrogen) atoms. The standard InChI is InChI=1S/C18H18Cl2FN3O2/c1-11(18(26)22-15-9-4-3-8-14(15)21)24(2)10-16(25)23-17-12(19)6-5-7-13(17)20/h3-9,11H,10H2,1-2H3,(H,22,26)(H,23,25). The fourth-order valence-corrected chi connectivity index (χ4v) is 2.65. The Morgan fingerprint density at radius 1 is 1.08 bits per heavy atom. The number of anilines is 2. The molecule has 2 N–H and O–H groups in total. The molecule has 138 valence electrons. The summed E-state index contributed by atoms with van der Waals surface area (Å²) in [5.74, 6) is -1.34. The van der Waals surface area contributed by atoms with Crippen molar-refractivity contribution in [1.29, 1.82) is 0 Å². The highest BCUT2D eigenvalue weighted by molar-refractivity contribution is 6.39. The number of nitrogens with zero attached hydrogens (tertiary/aromatic N) is 1. The van der Waals surface area contributed by atoms with Crippen LogP contribution in [0.1, 0.15) is 6.92 Å². The predicted octanol–water partition coefficient (Wildman–Crippen LogP) is 4.03. The summed E-state index contributed by atoms with van der Waals surface area (Å²) in [6.07, 6.45) is 0. The van der Waals surface area contributed by atoms with E-state index in [0.717, 1.165) is 0 Å². The molecular formula is C18H18Cl2FN3O2. The van der Waals surface area contributed by atoms with Gasteiger partial charge in [-0.2, -0.15) is 0 Å². The van der Waals surface area contributed by atoms with E-state index >= 15 is 0 Å². The number of likely N-dealkylation sites (N-methyl/N-ethyl adjacent to an activating group) is 1. The van der Waals surface area contributed by atoms with E-state index < -0.39 is 17.8 Å². The normalized spacial score (nSPS) is 11.9. The summed E-state index contributed by atoms with van der Waals surface area (Å²) in [7, 11) is 1.61. The molecule has 0 spiro atoms. The Morgan fingerprint density at radius 2 is 1.69 bits per heavy atom. The number of rotatable bonds is 6. The van der Waals surface area contributed by atoms with Crippen molar-refractivity contribution in [3.8, 4) is 0 Å². The molecule has 0 saturated heterocycles. The second kappa shape index (κ2) is 8.98. The van der Waals surface area contributed by atoms with Gasteiger partial charge < -0.3 is 10.6 Å². The summed E-state index contributed by atoms with van der Waals surface area (Å²) < 4.78 is 13.6. The molecule has 0 fully saturated rings. The molecule has 0 radical (unpaired) electrons. The minimum atomic E-state index is -0.665. The molecule has 1 atom stereocenters. The van der Waals surface area contributed by atoms with Crippen molar-refractivity contribution >= 4 is 46.4 Å². The first-order valence-corrected chi connectivity index (χ1v) is 8.54.